The molecule has 2 aromatic carbocycles. The predicted molar refractivity (Wildman–Crippen MR) is 186 cm³/mol. The van der Waals surface area contributed by atoms with Crippen molar-refractivity contribution in [3.8, 4) is 17.0 Å². The number of nitrogens with one attached hydrogen (secondary N) is 1. The number of aromatic nitrogens is 2. The molecule has 6 rings (SSSR count). The van der Waals surface area contributed by atoms with Crippen molar-refractivity contribution in [2.45, 2.75) is 85.4 Å². The van der Waals surface area contributed by atoms with Gasteiger partial charge in [-0.3, -0.25) is 14.8 Å². The first kappa shape index (κ1) is 43.7. The molecule has 1 aliphatic heterocycles. The predicted octanol–water partition coefficient (Wildman–Crippen LogP) is 7.36. The summed E-state index contributed by atoms with van der Waals surface area (Å²) in [5, 5.41) is 3.49. The summed E-state index contributed by atoms with van der Waals surface area (Å²) >= 11 is 0. The van der Waals surface area contributed by atoms with Crippen molar-refractivity contribution >= 4 is 16.8 Å². The molecule has 2 atom stereocenters. The number of ether oxygens (including phenoxy) is 2. The van der Waals surface area contributed by atoms with E-state index in [2.05, 4.69) is 10.3 Å². The Morgan fingerprint density at radius 3 is 2.40 bits per heavy atom. The number of hydrogen-bond acceptors (Lipinski definition) is 5. The molecular weight excluding hydrogens is 676 g/mol. The van der Waals surface area contributed by atoms with Crippen LogP contribution in [0.15, 0.2) is 42.6 Å². The Balaban J connectivity index is 0.00000170. The van der Waals surface area contributed by atoms with E-state index in [1.807, 2.05) is 47.6 Å². The summed E-state index contributed by atoms with van der Waals surface area (Å²) in [6.07, 6.45) is 3.45. The number of halogens is 4. The van der Waals surface area contributed by atoms with Crippen LogP contribution in [-0.4, -0.2) is 35.6 Å². The molecule has 1 fully saturated rings. The third-order valence-corrected chi connectivity index (χ3v) is 8.70. The number of aryl methyl sites for hydroxylation is 1. The van der Waals surface area contributed by atoms with Gasteiger partial charge in [-0.2, -0.15) is 8.78 Å². The molecule has 0 radical (unpaired) electrons. The first-order chi connectivity index (χ1) is 22.5. The number of amides is 1. The third kappa shape index (κ3) is 9.70. The minimum absolute atomic E-state index is 0. The van der Waals surface area contributed by atoms with Crippen LogP contribution in [0.2, 0.25) is 0 Å². The van der Waals surface area contributed by atoms with E-state index >= 15 is 4.39 Å². The molecule has 12 heteroatoms. The Labute approximate surface area is 335 Å². The van der Waals surface area contributed by atoms with Crippen molar-refractivity contribution in [1.82, 2.24) is 15.3 Å². The van der Waals surface area contributed by atoms with Gasteiger partial charge in [0.25, 0.3) is 5.91 Å². The molecule has 3 N–H and O–H groups in total. The topological polar surface area (TPSA) is 107 Å². The van der Waals surface area contributed by atoms with Gasteiger partial charge >= 0.3 is 58.0 Å². The van der Waals surface area contributed by atoms with Crippen LogP contribution in [-0.2, 0) is 11.3 Å². The quantitative estimate of drug-likeness (QED) is 0.110. The van der Waals surface area contributed by atoms with E-state index in [0.717, 1.165) is 41.3 Å². The second kappa shape index (κ2) is 18.9. The maximum absolute atomic E-state index is 15.4. The Hall–Kier alpha value is -2.45. The van der Waals surface area contributed by atoms with Gasteiger partial charge in [-0.05, 0) is 78.6 Å². The second-order valence-corrected chi connectivity index (χ2v) is 12.5. The number of carbonyl (C=O) groups is 1. The summed E-state index contributed by atoms with van der Waals surface area (Å²) in [6.45, 7) is 9.49. The fraction of sp³-hybridized carbons (Fsp3) is 0.421. The Morgan fingerprint density at radius 1 is 1.06 bits per heavy atom. The van der Waals surface area contributed by atoms with Crippen LogP contribution < -0.4 is 61.4 Å². The van der Waals surface area contributed by atoms with Crippen LogP contribution in [0.3, 0.4) is 0 Å². The minimum atomic E-state index is -3.08. The first-order valence-electron chi connectivity index (χ1n) is 16.2. The summed E-state index contributed by atoms with van der Waals surface area (Å²) < 4.78 is 67.0. The molecule has 7 nitrogen and oxygen atoms in total. The number of fused-ring (bicyclic) bond motifs is 2. The zero-order chi connectivity index (χ0) is 34.0. The second-order valence-electron chi connectivity index (χ2n) is 12.5. The van der Waals surface area contributed by atoms with Crippen LogP contribution in [0, 0.1) is 31.9 Å². The average Bonchev–Trinajstić information content (AvgIpc) is 3.87. The standard InChI is InChI=1S/C35H35F4N3O3.C2H6.CH3.K.H2N/c1-17(2)23-10-25(29(37)12-28(23)36)33-27-16-44-15-19(4)24(27)11-30(42-33)26(20-5-6-20)14-41-34(43)22-8-21-7-18(3)13-40-32(21)31(9-22)45-35(38)39;1-2;;;/h7-13,17,19-20,26,35H,5-6,14-16H2,1-4H3,(H,41,43);1-2H3;1H3;;1H2/q;;-1;+1;-1. The number of hydrogen-bond donors (Lipinski definition) is 1. The van der Waals surface area contributed by atoms with Crippen LogP contribution in [0.1, 0.15) is 104 Å². The monoisotopic (exact) mass is 721 g/mol. The molecule has 0 saturated heterocycles. The SMILES string of the molecule is CC.Cc1cnc2c(OC(F)F)cc(C(=O)NCC(c3cc4c(c(-c5cc(C(C)C)c(F)cc5F)n3)COCC4C)C3CC3)cc2c1.[CH3-].[K+].[NH2-]. The number of nitrogens with two attached hydrogens (primary N) is 1. The van der Waals surface area contributed by atoms with Crippen LogP contribution in [0.4, 0.5) is 17.6 Å². The molecule has 1 saturated carbocycles. The van der Waals surface area contributed by atoms with Crippen LogP contribution >= 0.6 is 0 Å². The summed E-state index contributed by atoms with van der Waals surface area (Å²) in [6, 6.07) is 9.14. The number of carbonyl (C=O) groups excluding carboxylic acids is 1. The van der Waals surface area contributed by atoms with Crippen molar-refractivity contribution in [3.63, 3.8) is 0 Å². The molecule has 4 aromatic rings. The fourth-order valence-corrected chi connectivity index (χ4v) is 6.19. The van der Waals surface area contributed by atoms with Gasteiger partial charge in [0.2, 0.25) is 0 Å². The van der Waals surface area contributed by atoms with Gasteiger partial charge < -0.3 is 28.4 Å². The molecule has 1 amide bonds. The van der Waals surface area contributed by atoms with E-state index in [1.165, 1.54) is 6.07 Å². The Kier molecular flexibility index (Phi) is 16.5. The molecule has 1 aliphatic carbocycles. The van der Waals surface area contributed by atoms with Crippen molar-refractivity contribution in [2.24, 2.45) is 5.92 Å². The number of rotatable bonds is 9. The molecular formula is C38H46F4KN4O3-. The van der Waals surface area contributed by atoms with E-state index < -0.39 is 24.2 Å². The van der Waals surface area contributed by atoms with Gasteiger partial charge in [-0.15, -0.1) is 0 Å². The number of pyridine rings is 2. The van der Waals surface area contributed by atoms with Gasteiger partial charge in [-0.1, -0.05) is 34.6 Å². The summed E-state index contributed by atoms with van der Waals surface area (Å²) in [7, 11) is 0. The smallest absolute Gasteiger partial charge is 0.693 e. The molecule has 2 aromatic heterocycles. The van der Waals surface area contributed by atoms with Crippen LogP contribution in [0.5, 0.6) is 5.75 Å². The summed E-state index contributed by atoms with van der Waals surface area (Å²) in [5.41, 5.74) is 4.77. The van der Waals surface area contributed by atoms with Crippen molar-refractivity contribution in [2.75, 3.05) is 13.2 Å². The average molecular weight is 722 g/mol. The third-order valence-electron chi connectivity index (χ3n) is 8.70. The molecule has 0 spiro atoms. The minimum Gasteiger partial charge on any atom is -0.693 e. The van der Waals surface area contributed by atoms with Gasteiger partial charge in [0.1, 0.15) is 17.2 Å². The molecule has 2 aliphatic rings. The molecule has 266 valence electrons. The number of benzene rings is 2. The Bertz CT molecular complexity index is 1790. The Morgan fingerprint density at radius 2 is 1.76 bits per heavy atom. The zero-order valence-corrected chi connectivity index (χ0v) is 33.3. The maximum atomic E-state index is 15.4. The van der Waals surface area contributed by atoms with Gasteiger partial charge in [0.05, 0.1) is 18.9 Å². The molecule has 2 unspecified atom stereocenters. The fourth-order valence-electron chi connectivity index (χ4n) is 6.19. The summed E-state index contributed by atoms with van der Waals surface area (Å²) in [4.78, 5) is 22.7. The zero-order valence-electron chi connectivity index (χ0n) is 30.2. The number of nitrogens with zero attached hydrogens (tertiary/aromatic N) is 2. The van der Waals surface area contributed by atoms with E-state index in [4.69, 9.17) is 14.5 Å². The van der Waals surface area contributed by atoms with E-state index in [-0.39, 0.29) is 124 Å². The van der Waals surface area contributed by atoms with E-state index in [9.17, 15) is 18.0 Å². The summed E-state index contributed by atoms with van der Waals surface area (Å²) in [5.74, 6) is -1.97. The maximum Gasteiger partial charge on any atom is 1.00 e. The van der Waals surface area contributed by atoms with Gasteiger partial charge in [-0.25, -0.2) is 8.78 Å². The van der Waals surface area contributed by atoms with Crippen LogP contribution in [0.25, 0.3) is 28.3 Å². The van der Waals surface area contributed by atoms with Crippen molar-refractivity contribution in [1.29, 1.82) is 0 Å². The molecule has 0 bridgehead atoms. The van der Waals surface area contributed by atoms with Crippen molar-refractivity contribution in [3.05, 3.63) is 101 Å². The van der Waals surface area contributed by atoms with Gasteiger partial charge in [0, 0.05) is 58.4 Å². The van der Waals surface area contributed by atoms with E-state index in [1.54, 1.807) is 24.4 Å². The van der Waals surface area contributed by atoms with Gasteiger partial charge in [0.15, 0.2) is 5.75 Å². The molecule has 3 heterocycles. The number of alkyl halides is 2. The normalized spacial score (nSPS) is 15.5. The first-order valence-corrected chi connectivity index (χ1v) is 16.2. The van der Waals surface area contributed by atoms with E-state index in [0.29, 0.717) is 23.3 Å². The molecule has 50 heavy (non-hydrogen) atoms. The largest absolute Gasteiger partial charge is 1.00 e. The van der Waals surface area contributed by atoms with Crippen molar-refractivity contribution < 1.29 is 83.2 Å².